The molecule has 1 heterocycles. The molecule has 0 saturated carbocycles. The molecule has 0 radical (unpaired) electrons. The zero-order valence-corrected chi connectivity index (χ0v) is 16.0. The lowest BCUT2D eigenvalue weighted by atomic mass is 9.85. The number of imidazole rings is 1. The first-order valence-corrected chi connectivity index (χ1v) is 8.82. The fraction of sp³-hybridized carbons (Fsp3) is 0.409. The maximum absolute atomic E-state index is 2.46. The fourth-order valence-electron chi connectivity index (χ4n) is 3.50. The largest absolute Gasteiger partial charge is 0.290 e. The summed E-state index contributed by atoms with van der Waals surface area (Å²) in [7, 11) is 2.18. The van der Waals surface area contributed by atoms with Gasteiger partial charge in [-0.1, -0.05) is 45.0 Å². The molecule has 0 bridgehead atoms. The van der Waals surface area contributed by atoms with Gasteiger partial charge in [0, 0.05) is 0 Å². The molecule has 126 valence electrons. The van der Waals surface area contributed by atoms with Crippen molar-refractivity contribution >= 4 is 11.0 Å². The summed E-state index contributed by atoms with van der Waals surface area (Å²) >= 11 is 0. The molecule has 2 nitrogen and oxygen atoms in total. The molecule has 0 unspecified atom stereocenters. The van der Waals surface area contributed by atoms with E-state index < -0.39 is 0 Å². The molecule has 3 rings (SSSR count). The number of hydrogen-bond donors (Lipinski definition) is 0. The summed E-state index contributed by atoms with van der Waals surface area (Å²) in [6, 6.07) is 16.0. The molecule has 0 fully saturated rings. The molecule has 0 atom stereocenters. The molecule has 1 aromatic heterocycles. The summed E-state index contributed by atoms with van der Waals surface area (Å²) in [4.78, 5) is 0. The van der Waals surface area contributed by atoms with Gasteiger partial charge in [-0.3, -0.25) is 0 Å². The summed E-state index contributed by atoms with van der Waals surface area (Å²) in [5.74, 6) is 1.29. The minimum atomic E-state index is 0.149. The number of rotatable bonds is 2. The highest BCUT2D eigenvalue weighted by molar-refractivity contribution is 5.77. The van der Waals surface area contributed by atoms with E-state index in [2.05, 4.69) is 100 Å². The van der Waals surface area contributed by atoms with Crippen LogP contribution in [0.5, 0.6) is 0 Å². The number of benzene rings is 2. The van der Waals surface area contributed by atoms with Crippen molar-refractivity contribution in [2.75, 3.05) is 0 Å². The SMILES string of the molecule is Cc1ccc(C(C)(C)C)cc1-c1n(C(C)C)c2ccccc2[n+]1C. The molecule has 2 heteroatoms. The third-order valence-corrected chi connectivity index (χ3v) is 4.91. The van der Waals surface area contributed by atoms with E-state index in [-0.39, 0.29) is 5.41 Å². The Morgan fingerprint density at radius 1 is 1.00 bits per heavy atom. The molecular weight excluding hydrogens is 292 g/mol. The second kappa shape index (κ2) is 5.77. The monoisotopic (exact) mass is 321 g/mol. The van der Waals surface area contributed by atoms with Crippen molar-refractivity contribution in [2.24, 2.45) is 7.05 Å². The average molecular weight is 321 g/mol. The van der Waals surface area contributed by atoms with Crippen LogP contribution in [0.2, 0.25) is 0 Å². The summed E-state index contributed by atoms with van der Waals surface area (Å²) in [6.07, 6.45) is 0. The van der Waals surface area contributed by atoms with Gasteiger partial charge in [0.25, 0.3) is 5.82 Å². The van der Waals surface area contributed by atoms with Crippen LogP contribution in [-0.4, -0.2) is 4.57 Å². The Bertz CT molecular complexity index is 892. The molecule has 0 aliphatic heterocycles. The second-order valence-electron chi connectivity index (χ2n) is 8.11. The van der Waals surface area contributed by atoms with Crippen molar-refractivity contribution in [2.45, 2.75) is 53.0 Å². The van der Waals surface area contributed by atoms with Crippen LogP contribution in [0.4, 0.5) is 0 Å². The van der Waals surface area contributed by atoms with E-state index in [9.17, 15) is 0 Å². The van der Waals surface area contributed by atoms with Gasteiger partial charge in [0.05, 0.1) is 18.7 Å². The maximum atomic E-state index is 2.46. The van der Waals surface area contributed by atoms with Crippen LogP contribution in [0, 0.1) is 6.92 Å². The molecule has 24 heavy (non-hydrogen) atoms. The number of aryl methyl sites for hydroxylation is 2. The Kier molecular flexibility index (Phi) is 4.03. The Labute approximate surface area is 145 Å². The summed E-state index contributed by atoms with van der Waals surface area (Å²) in [5.41, 5.74) is 6.75. The lowest BCUT2D eigenvalue weighted by Crippen LogP contribution is -2.31. The van der Waals surface area contributed by atoms with Crippen LogP contribution in [0.25, 0.3) is 22.4 Å². The van der Waals surface area contributed by atoms with E-state index in [0.717, 1.165) is 0 Å². The third kappa shape index (κ3) is 2.64. The number of hydrogen-bond acceptors (Lipinski definition) is 0. The van der Waals surface area contributed by atoms with E-state index in [4.69, 9.17) is 0 Å². The van der Waals surface area contributed by atoms with Gasteiger partial charge >= 0.3 is 0 Å². The van der Waals surface area contributed by atoms with Crippen molar-refractivity contribution in [3.8, 4) is 11.4 Å². The van der Waals surface area contributed by atoms with Crippen LogP contribution in [0.15, 0.2) is 42.5 Å². The van der Waals surface area contributed by atoms with E-state index in [1.165, 1.54) is 33.5 Å². The third-order valence-electron chi connectivity index (χ3n) is 4.91. The van der Waals surface area contributed by atoms with Crippen LogP contribution in [0.3, 0.4) is 0 Å². The Morgan fingerprint density at radius 3 is 2.29 bits per heavy atom. The Balaban J connectivity index is 2.38. The highest BCUT2D eigenvalue weighted by atomic mass is 15.2. The lowest BCUT2D eigenvalue weighted by Gasteiger charge is -2.20. The van der Waals surface area contributed by atoms with Crippen molar-refractivity contribution in [3.05, 3.63) is 53.6 Å². The van der Waals surface area contributed by atoms with Crippen molar-refractivity contribution in [1.82, 2.24) is 4.57 Å². The van der Waals surface area contributed by atoms with Gasteiger partial charge in [-0.25, -0.2) is 9.13 Å². The van der Waals surface area contributed by atoms with Gasteiger partial charge < -0.3 is 0 Å². The minimum Gasteiger partial charge on any atom is -0.226 e. The topological polar surface area (TPSA) is 8.81 Å². The van der Waals surface area contributed by atoms with Gasteiger partial charge in [0.15, 0.2) is 11.0 Å². The first kappa shape index (κ1) is 16.8. The molecule has 0 aliphatic carbocycles. The van der Waals surface area contributed by atoms with Crippen LogP contribution in [-0.2, 0) is 12.5 Å². The summed E-state index contributed by atoms with van der Waals surface area (Å²) in [6.45, 7) is 13.6. The Hall–Kier alpha value is -2.09. The summed E-state index contributed by atoms with van der Waals surface area (Å²) < 4.78 is 4.80. The van der Waals surface area contributed by atoms with Gasteiger partial charge in [0.2, 0.25) is 0 Å². The number of aromatic nitrogens is 2. The molecule has 0 saturated heterocycles. The molecular formula is C22H29N2+. The molecule has 0 spiro atoms. The van der Waals surface area contributed by atoms with Crippen molar-refractivity contribution < 1.29 is 4.57 Å². The average Bonchev–Trinajstić information content (AvgIpc) is 2.80. The smallest absolute Gasteiger partial charge is 0.226 e. The van der Waals surface area contributed by atoms with Crippen molar-refractivity contribution in [3.63, 3.8) is 0 Å². The zero-order valence-electron chi connectivity index (χ0n) is 16.0. The fourth-order valence-corrected chi connectivity index (χ4v) is 3.50. The molecule has 0 amide bonds. The van der Waals surface area contributed by atoms with Gasteiger partial charge in [0.1, 0.15) is 0 Å². The van der Waals surface area contributed by atoms with Gasteiger partial charge in [-0.15, -0.1) is 0 Å². The number of para-hydroxylation sites is 2. The van der Waals surface area contributed by atoms with Gasteiger partial charge in [-0.2, -0.15) is 0 Å². The molecule has 2 aromatic carbocycles. The standard InChI is InChI=1S/C22H29N2/c1-15(2)24-20-11-9-8-10-19(20)23(7)21(24)18-14-17(22(4,5)6)13-12-16(18)3/h8-15H,1-7H3/q+1. The van der Waals surface area contributed by atoms with Crippen molar-refractivity contribution in [1.29, 1.82) is 0 Å². The molecule has 0 aliphatic rings. The second-order valence-corrected chi connectivity index (χ2v) is 8.11. The van der Waals surface area contributed by atoms with Gasteiger partial charge in [-0.05, 0) is 55.5 Å². The van der Waals surface area contributed by atoms with E-state index >= 15 is 0 Å². The van der Waals surface area contributed by atoms with E-state index in [1.807, 2.05) is 0 Å². The maximum Gasteiger partial charge on any atom is 0.290 e. The highest BCUT2D eigenvalue weighted by Crippen LogP contribution is 2.32. The van der Waals surface area contributed by atoms with E-state index in [0.29, 0.717) is 6.04 Å². The number of nitrogens with zero attached hydrogens (tertiary/aromatic N) is 2. The predicted octanol–water partition coefficient (Wildman–Crippen LogP) is 5.32. The predicted molar refractivity (Wildman–Crippen MR) is 102 cm³/mol. The zero-order chi connectivity index (χ0) is 17.6. The summed E-state index contributed by atoms with van der Waals surface area (Å²) in [5, 5.41) is 0. The van der Waals surface area contributed by atoms with Crippen LogP contribution >= 0.6 is 0 Å². The molecule has 3 aromatic rings. The first-order valence-electron chi connectivity index (χ1n) is 8.82. The Morgan fingerprint density at radius 2 is 1.67 bits per heavy atom. The van der Waals surface area contributed by atoms with Crippen LogP contribution in [0.1, 0.15) is 51.8 Å². The lowest BCUT2D eigenvalue weighted by molar-refractivity contribution is -0.634. The molecule has 0 N–H and O–H groups in total. The first-order chi connectivity index (χ1) is 11.2. The minimum absolute atomic E-state index is 0.149. The quantitative estimate of drug-likeness (QED) is 0.565. The number of fused-ring (bicyclic) bond motifs is 1. The van der Waals surface area contributed by atoms with Crippen LogP contribution < -0.4 is 4.57 Å². The highest BCUT2D eigenvalue weighted by Gasteiger charge is 2.28. The van der Waals surface area contributed by atoms with E-state index in [1.54, 1.807) is 0 Å². The normalized spacial score (nSPS) is 12.3.